The van der Waals surface area contributed by atoms with E-state index >= 15 is 0 Å². The van der Waals surface area contributed by atoms with Crippen LogP contribution in [0.2, 0.25) is 0 Å². The van der Waals surface area contributed by atoms with Gasteiger partial charge in [0.2, 0.25) is 0 Å². The molecular weight excluding hydrogens is 326 g/mol. The zero-order valence-corrected chi connectivity index (χ0v) is 16.8. The highest BCUT2D eigenvalue weighted by Crippen LogP contribution is 2.11. The lowest BCUT2D eigenvalue weighted by Gasteiger charge is -2.01. The number of hydrogen-bond acceptors (Lipinski definition) is 4. The van der Waals surface area contributed by atoms with Crippen molar-refractivity contribution in [1.82, 2.24) is 0 Å². The van der Waals surface area contributed by atoms with Gasteiger partial charge in [-0.05, 0) is 19.4 Å². The Balaban J connectivity index is 0. The van der Waals surface area contributed by atoms with Crippen LogP contribution in [0.15, 0.2) is 0 Å². The maximum atomic E-state index is 9.84. The molecular formula is C18H41NO4S. The van der Waals surface area contributed by atoms with Crippen LogP contribution in [0.5, 0.6) is 0 Å². The molecule has 0 radical (unpaired) electrons. The van der Waals surface area contributed by atoms with Gasteiger partial charge < -0.3 is 5.73 Å². The van der Waals surface area contributed by atoms with Crippen LogP contribution < -0.4 is 5.73 Å². The number of hydrogen-bond donors (Lipinski definition) is 2. The Hall–Kier alpha value is -0.170. The Morgan fingerprint density at radius 1 is 0.708 bits per heavy atom. The first kappa shape index (κ1) is 26.1. The molecule has 3 N–H and O–H groups in total. The van der Waals surface area contributed by atoms with Gasteiger partial charge in [-0.25, -0.2) is 4.18 Å². The van der Waals surface area contributed by atoms with E-state index in [1.165, 1.54) is 77.0 Å². The van der Waals surface area contributed by atoms with Crippen LogP contribution in [0, 0.1) is 0 Å². The van der Waals surface area contributed by atoms with E-state index < -0.39 is 10.4 Å². The average molecular weight is 368 g/mol. The molecule has 0 atom stereocenters. The third-order valence-electron chi connectivity index (χ3n) is 3.79. The fourth-order valence-corrected chi connectivity index (χ4v) is 2.62. The van der Waals surface area contributed by atoms with Crippen LogP contribution in [0.25, 0.3) is 0 Å². The molecule has 0 fully saturated rings. The fraction of sp³-hybridized carbons (Fsp3) is 1.00. The standard InChI is InChI=1S/C14H31N.C4H10O4S/c1-2-3-4-5-6-7-8-9-10-11-12-13-14-15;1-2-3-4-8-9(5,6)7/h2-15H2,1H3;2-4H2,1H3,(H,5,6,7). The van der Waals surface area contributed by atoms with E-state index in [0.29, 0.717) is 6.42 Å². The summed E-state index contributed by atoms with van der Waals surface area (Å²) in [6.07, 6.45) is 18.4. The van der Waals surface area contributed by atoms with Gasteiger partial charge in [0.05, 0.1) is 6.61 Å². The molecule has 0 aromatic carbocycles. The van der Waals surface area contributed by atoms with Crippen LogP contribution in [-0.4, -0.2) is 26.1 Å². The van der Waals surface area contributed by atoms with E-state index in [0.717, 1.165) is 13.0 Å². The van der Waals surface area contributed by atoms with E-state index in [4.69, 9.17) is 10.3 Å². The first-order valence-corrected chi connectivity index (χ1v) is 11.2. The highest BCUT2D eigenvalue weighted by Gasteiger charge is 2.01. The molecule has 0 aliphatic rings. The second kappa shape index (κ2) is 20.9. The Kier molecular flexibility index (Phi) is 22.7. The van der Waals surface area contributed by atoms with Gasteiger partial charge in [-0.2, -0.15) is 8.42 Å². The number of rotatable bonds is 16. The van der Waals surface area contributed by atoms with Crippen LogP contribution in [-0.2, 0) is 14.6 Å². The molecule has 0 aliphatic carbocycles. The molecule has 0 aromatic heterocycles. The minimum Gasteiger partial charge on any atom is -0.330 e. The molecule has 0 unspecified atom stereocenters. The molecule has 0 heterocycles. The summed E-state index contributed by atoms with van der Waals surface area (Å²) in [6.45, 7) is 5.11. The summed E-state index contributed by atoms with van der Waals surface area (Å²) in [4.78, 5) is 0. The first-order valence-electron chi connectivity index (χ1n) is 9.79. The predicted octanol–water partition coefficient (Wildman–Crippen LogP) is 5.25. The van der Waals surface area contributed by atoms with Crippen LogP contribution in [0.4, 0.5) is 0 Å². The molecule has 6 heteroatoms. The van der Waals surface area contributed by atoms with E-state index in [1.54, 1.807) is 0 Å². The van der Waals surface area contributed by atoms with Crippen molar-refractivity contribution in [1.29, 1.82) is 0 Å². The summed E-state index contributed by atoms with van der Waals surface area (Å²) in [5.74, 6) is 0. The smallest absolute Gasteiger partial charge is 0.330 e. The Labute approximate surface area is 150 Å². The van der Waals surface area contributed by atoms with Gasteiger partial charge in [0.25, 0.3) is 0 Å². The van der Waals surface area contributed by atoms with Crippen LogP contribution >= 0.6 is 0 Å². The van der Waals surface area contributed by atoms with Crippen molar-refractivity contribution in [2.24, 2.45) is 5.73 Å². The second-order valence-electron chi connectivity index (χ2n) is 6.28. The van der Waals surface area contributed by atoms with Crippen molar-refractivity contribution >= 4 is 10.4 Å². The quantitative estimate of drug-likeness (QED) is 0.287. The summed E-state index contributed by atoms with van der Waals surface area (Å²) < 4.78 is 31.7. The van der Waals surface area contributed by atoms with Crippen molar-refractivity contribution in [3.8, 4) is 0 Å². The molecule has 148 valence electrons. The number of nitrogens with two attached hydrogens (primary N) is 1. The highest BCUT2D eigenvalue weighted by molar-refractivity contribution is 7.80. The lowest BCUT2D eigenvalue weighted by molar-refractivity contribution is 0.264. The molecule has 0 aromatic rings. The third-order valence-corrected chi connectivity index (χ3v) is 4.25. The maximum Gasteiger partial charge on any atom is 0.397 e. The van der Waals surface area contributed by atoms with E-state index in [2.05, 4.69) is 11.1 Å². The lowest BCUT2D eigenvalue weighted by atomic mass is 10.1. The van der Waals surface area contributed by atoms with Gasteiger partial charge in [-0.15, -0.1) is 0 Å². The van der Waals surface area contributed by atoms with Gasteiger partial charge in [0.15, 0.2) is 0 Å². The van der Waals surface area contributed by atoms with Crippen molar-refractivity contribution in [2.45, 2.75) is 104 Å². The summed E-state index contributed by atoms with van der Waals surface area (Å²) in [7, 11) is -4.20. The summed E-state index contributed by atoms with van der Waals surface area (Å²) >= 11 is 0. The fourth-order valence-electron chi connectivity index (χ4n) is 2.29. The molecule has 0 spiro atoms. The Morgan fingerprint density at radius 3 is 1.42 bits per heavy atom. The van der Waals surface area contributed by atoms with Crippen LogP contribution in [0.1, 0.15) is 104 Å². The average Bonchev–Trinajstić information content (AvgIpc) is 2.52. The molecule has 0 saturated heterocycles. The molecule has 0 bridgehead atoms. The zero-order valence-electron chi connectivity index (χ0n) is 16.0. The van der Waals surface area contributed by atoms with Gasteiger partial charge in [-0.3, -0.25) is 4.55 Å². The minimum absolute atomic E-state index is 0.0648. The largest absolute Gasteiger partial charge is 0.397 e. The van der Waals surface area contributed by atoms with E-state index in [-0.39, 0.29) is 6.61 Å². The molecule has 0 amide bonds. The highest BCUT2D eigenvalue weighted by atomic mass is 32.3. The summed E-state index contributed by atoms with van der Waals surface area (Å²) in [5.41, 5.74) is 5.45. The normalized spacial score (nSPS) is 11.2. The van der Waals surface area contributed by atoms with E-state index in [1.807, 2.05) is 6.92 Å². The molecule has 0 rings (SSSR count). The maximum absolute atomic E-state index is 9.84. The summed E-state index contributed by atoms with van der Waals surface area (Å²) in [6, 6.07) is 0. The van der Waals surface area contributed by atoms with Crippen molar-refractivity contribution < 1.29 is 17.2 Å². The van der Waals surface area contributed by atoms with Gasteiger partial charge in [0.1, 0.15) is 0 Å². The first-order chi connectivity index (χ1) is 11.5. The van der Waals surface area contributed by atoms with Gasteiger partial charge >= 0.3 is 10.4 Å². The number of unbranched alkanes of at least 4 members (excludes halogenated alkanes) is 12. The Morgan fingerprint density at radius 2 is 1.08 bits per heavy atom. The molecule has 5 nitrogen and oxygen atoms in total. The minimum atomic E-state index is -4.20. The third kappa shape index (κ3) is 29.8. The molecule has 24 heavy (non-hydrogen) atoms. The van der Waals surface area contributed by atoms with E-state index in [9.17, 15) is 8.42 Å². The predicted molar refractivity (Wildman–Crippen MR) is 103 cm³/mol. The van der Waals surface area contributed by atoms with Crippen LogP contribution in [0.3, 0.4) is 0 Å². The second-order valence-corrected chi connectivity index (χ2v) is 7.37. The topological polar surface area (TPSA) is 89.6 Å². The van der Waals surface area contributed by atoms with Crippen molar-refractivity contribution in [2.75, 3.05) is 13.2 Å². The summed E-state index contributed by atoms with van der Waals surface area (Å²) in [5, 5.41) is 0. The van der Waals surface area contributed by atoms with Crippen molar-refractivity contribution in [3.63, 3.8) is 0 Å². The SMILES string of the molecule is CCCCCCCCCCCCCCN.CCCCOS(=O)(=O)O. The monoisotopic (exact) mass is 367 g/mol. The Bertz CT molecular complexity index is 309. The molecule has 0 aliphatic heterocycles. The van der Waals surface area contributed by atoms with Gasteiger partial charge in [0, 0.05) is 0 Å². The van der Waals surface area contributed by atoms with Gasteiger partial charge in [-0.1, -0.05) is 90.9 Å². The van der Waals surface area contributed by atoms with Crippen molar-refractivity contribution in [3.05, 3.63) is 0 Å². The molecule has 0 saturated carbocycles. The zero-order chi connectivity index (χ0) is 18.5. The lowest BCUT2D eigenvalue weighted by Crippen LogP contribution is -2.04.